The molecule has 0 radical (unpaired) electrons. The van der Waals surface area contributed by atoms with Crippen molar-refractivity contribution in [1.82, 2.24) is 9.80 Å². The van der Waals surface area contributed by atoms with Gasteiger partial charge >= 0.3 is 0 Å². The predicted molar refractivity (Wildman–Crippen MR) is 111 cm³/mol. The third-order valence-electron chi connectivity index (χ3n) is 5.07. The van der Waals surface area contributed by atoms with E-state index in [4.69, 9.17) is 27.8 Å². The van der Waals surface area contributed by atoms with E-state index in [-0.39, 0.29) is 17.4 Å². The van der Waals surface area contributed by atoms with Crippen molar-refractivity contribution >= 4 is 22.6 Å². The molecule has 1 unspecified atom stereocenters. The first-order valence-electron chi connectivity index (χ1n) is 9.11. The van der Waals surface area contributed by atoms with E-state index < -0.39 is 0 Å². The van der Waals surface area contributed by atoms with Crippen molar-refractivity contribution in [1.29, 1.82) is 0 Å². The summed E-state index contributed by atoms with van der Waals surface area (Å²) in [4.78, 5) is 4.56. The number of piperazine rings is 1. The Morgan fingerprint density at radius 1 is 1.04 bits per heavy atom. The maximum atomic E-state index is 6.53. The van der Waals surface area contributed by atoms with E-state index in [9.17, 15) is 0 Å². The summed E-state index contributed by atoms with van der Waals surface area (Å²) >= 11 is 6.06. The average molecular weight is 387 g/mol. The van der Waals surface area contributed by atoms with Gasteiger partial charge in [0, 0.05) is 43.2 Å². The quantitative estimate of drug-likeness (QED) is 0.776. The van der Waals surface area contributed by atoms with Crippen LogP contribution in [0.25, 0.3) is 11.0 Å². The molecule has 5 nitrogen and oxygen atoms in total. The van der Waals surface area contributed by atoms with Crippen molar-refractivity contribution in [2.24, 2.45) is 11.5 Å². The molecule has 4 N–H and O–H groups in total. The smallest absolute Gasteiger partial charge is 0.136 e. The van der Waals surface area contributed by atoms with Crippen LogP contribution in [-0.4, -0.2) is 42.6 Å². The molecule has 1 aliphatic heterocycles. The number of methoxy groups -OCH3 is 1. The van der Waals surface area contributed by atoms with E-state index in [1.807, 2.05) is 42.5 Å². The van der Waals surface area contributed by atoms with Gasteiger partial charge in [0.1, 0.15) is 17.2 Å². The van der Waals surface area contributed by atoms with Crippen molar-refractivity contribution in [2.75, 3.05) is 26.7 Å². The highest BCUT2D eigenvalue weighted by atomic mass is 35.5. The lowest BCUT2D eigenvalue weighted by Gasteiger charge is -2.43. The Labute approximate surface area is 165 Å². The van der Waals surface area contributed by atoms with E-state index in [0.29, 0.717) is 5.82 Å². The van der Waals surface area contributed by atoms with Crippen LogP contribution in [0.5, 0.6) is 0 Å². The molecular formula is C21H27ClN4O. The molecule has 1 saturated heterocycles. The first kappa shape index (κ1) is 19.5. The van der Waals surface area contributed by atoms with Gasteiger partial charge in [-0.3, -0.25) is 4.90 Å². The first-order chi connectivity index (χ1) is 13.0. The molecule has 0 aromatic heterocycles. The maximum Gasteiger partial charge on any atom is 0.136 e. The third-order valence-corrected chi connectivity index (χ3v) is 5.27. The second-order valence-corrected chi connectivity index (χ2v) is 7.22. The van der Waals surface area contributed by atoms with Gasteiger partial charge in [0.05, 0.1) is 0 Å². The number of halogens is 1. The summed E-state index contributed by atoms with van der Waals surface area (Å²) in [6.07, 6.45) is -0.0591. The van der Waals surface area contributed by atoms with Crippen molar-refractivity contribution < 1.29 is 4.74 Å². The Morgan fingerprint density at radius 2 is 1.67 bits per heavy atom. The van der Waals surface area contributed by atoms with Crippen LogP contribution in [-0.2, 0) is 4.74 Å². The molecule has 144 valence electrons. The molecule has 6 heteroatoms. The van der Waals surface area contributed by atoms with Crippen LogP contribution in [0.2, 0.25) is 0 Å². The number of rotatable bonds is 4. The normalized spacial score (nSPS) is 21.6. The fourth-order valence-corrected chi connectivity index (χ4v) is 3.90. The van der Waals surface area contributed by atoms with Crippen LogP contribution >= 0.6 is 11.6 Å². The van der Waals surface area contributed by atoms with Gasteiger partial charge in [0.15, 0.2) is 0 Å². The van der Waals surface area contributed by atoms with Crippen LogP contribution in [0.15, 0.2) is 54.6 Å². The van der Waals surface area contributed by atoms with Crippen LogP contribution < -0.4 is 21.9 Å². The molecule has 2 aromatic carbocycles. The van der Waals surface area contributed by atoms with Gasteiger partial charge in [-0.15, -0.1) is 0 Å². The zero-order chi connectivity index (χ0) is 19.4. The number of benzene rings is 2. The van der Waals surface area contributed by atoms with E-state index in [0.717, 1.165) is 35.6 Å². The lowest BCUT2D eigenvalue weighted by atomic mass is 10.1. The lowest BCUT2D eigenvalue weighted by molar-refractivity contribution is -0.0607. The van der Waals surface area contributed by atoms with Crippen molar-refractivity contribution in [3.8, 4) is 0 Å². The van der Waals surface area contributed by atoms with Crippen LogP contribution in [0.3, 0.4) is 0 Å². The third kappa shape index (κ3) is 4.21. The minimum Gasteiger partial charge on any atom is -0.389 e. The Kier molecular flexibility index (Phi) is 6.26. The monoisotopic (exact) mass is 386 g/mol. The molecule has 0 bridgehead atoms. The standard InChI is InChI=1S/C21H27ClN4O/c1-15-14-25(21(27-2)16-8-4-3-5-9-16)12-13-26(15)20(24)18-11-7-6-10-17(18)19(22)23/h3-11,15,21H,12-14,23-24H2,1-2H3/b19-17-,20-18+/t15-,21?/m1/s1. The second-order valence-electron chi connectivity index (χ2n) is 6.81. The van der Waals surface area contributed by atoms with Crippen molar-refractivity contribution in [2.45, 2.75) is 19.2 Å². The molecule has 0 aliphatic carbocycles. The average Bonchev–Trinajstić information content (AvgIpc) is 2.69. The lowest BCUT2D eigenvalue weighted by Crippen LogP contribution is -2.55. The van der Waals surface area contributed by atoms with Gasteiger partial charge in [-0.2, -0.15) is 0 Å². The Bertz CT molecular complexity index is 883. The van der Waals surface area contributed by atoms with E-state index in [1.165, 1.54) is 0 Å². The zero-order valence-electron chi connectivity index (χ0n) is 15.8. The number of nitrogens with two attached hydrogens (primary N) is 2. The molecule has 27 heavy (non-hydrogen) atoms. The van der Waals surface area contributed by atoms with Crippen LogP contribution in [0.4, 0.5) is 0 Å². The predicted octanol–water partition coefficient (Wildman–Crippen LogP) is 1.33. The minimum atomic E-state index is -0.0591. The maximum absolute atomic E-state index is 6.53. The molecular weight excluding hydrogens is 360 g/mol. The molecule has 2 aromatic rings. The van der Waals surface area contributed by atoms with Gasteiger partial charge in [0.2, 0.25) is 0 Å². The Balaban J connectivity index is 1.86. The van der Waals surface area contributed by atoms with Crippen molar-refractivity contribution in [3.05, 3.63) is 70.6 Å². The molecule has 1 aliphatic rings. The topological polar surface area (TPSA) is 67.8 Å². The molecule has 1 heterocycles. The summed E-state index contributed by atoms with van der Waals surface area (Å²) in [6, 6.07) is 18.2. The summed E-state index contributed by atoms with van der Waals surface area (Å²) in [5, 5.41) is 1.89. The summed E-state index contributed by atoms with van der Waals surface area (Å²) in [6.45, 7) is 4.67. The van der Waals surface area contributed by atoms with Gasteiger partial charge < -0.3 is 21.1 Å². The van der Waals surface area contributed by atoms with Gasteiger partial charge in [-0.05, 0) is 12.5 Å². The minimum absolute atomic E-state index is 0.0591. The highest BCUT2D eigenvalue weighted by Gasteiger charge is 2.29. The summed E-state index contributed by atoms with van der Waals surface area (Å²) < 4.78 is 5.79. The fraction of sp³-hybridized carbons (Fsp3) is 0.333. The first-order valence-corrected chi connectivity index (χ1v) is 9.49. The molecule has 3 rings (SSSR count). The SMILES string of the molecule is COC(c1ccccc1)N1CCN(/C(N)=c2\cccc\c2=C(\N)Cl)[C@H](C)C1. The molecule has 2 atom stereocenters. The van der Waals surface area contributed by atoms with Crippen LogP contribution in [0, 0.1) is 0 Å². The number of nitrogens with zero attached hydrogens (tertiary/aromatic N) is 2. The Morgan fingerprint density at radius 3 is 2.26 bits per heavy atom. The van der Waals surface area contributed by atoms with E-state index in [2.05, 4.69) is 28.9 Å². The molecule has 0 spiro atoms. The molecule has 0 saturated carbocycles. The molecule has 0 amide bonds. The molecule has 1 fully saturated rings. The highest BCUT2D eigenvalue weighted by molar-refractivity contribution is 6.44. The highest BCUT2D eigenvalue weighted by Crippen LogP contribution is 2.25. The van der Waals surface area contributed by atoms with Gasteiger partial charge in [-0.25, -0.2) is 0 Å². The summed E-state index contributed by atoms with van der Waals surface area (Å²) in [5.41, 5.74) is 13.5. The van der Waals surface area contributed by atoms with Gasteiger partial charge in [0.25, 0.3) is 0 Å². The fourth-order valence-electron chi connectivity index (χ4n) is 3.74. The number of ether oxygens (including phenoxy) is 1. The largest absolute Gasteiger partial charge is 0.389 e. The second kappa shape index (κ2) is 8.65. The van der Waals surface area contributed by atoms with E-state index >= 15 is 0 Å². The number of hydrogen-bond acceptors (Lipinski definition) is 5. The van der Waals surface area contributed by atoms with E-state index in [1.54, 1.807) is 7.11 Å². The summed E-state index contributed by atoms with van der Waals surface area (Å²) in [5.74, 6) is 0.704. The van der Waals surface area contributed by atoms with Crippen molar-refractivity contribution in [3.63, 3.8) is 0 Å². The van der Waals surface area contributed by atoms with Crippen LogP contribution in [0.1, 0.15) is 18.7 Å². The summed E-state index contributed by atoms with van der Waals surface area (Å²) in [7, 11) is 1.75. The van der Waals surface area contributed by atoms with Gasteiger partial charge in [-0.1, -0.05) is 66.2 Å². The number of hydrogen-bond donors (Lipinski definition) is 2. The zero-order valence-corrected chi connectivity index (χ0v) is 16.6. The Hall–Kier alpha value is -2.21.